The molecule has 1 aromatic carbocycles. The summed E-state index contributed by atoms with van der Waals surface area (Å²) in [6, 6.07) is 4.32. The van der Waals surface area contributed by atoms with Crippen LogP contribution in [0.15, 0.2) is 12.1 Å². The summed E-state index contributed by atoms with van der Waals surface area (Å²) in [6.07, 6.45) is 3.35. The molecule has 0 saturated heterocycles. The molecule has 2 fully saturated rings. The molecule has 3 rings (SSSR count). The van der Waals surface area contributed by atoms with Gasteiger partial charge in [-0.05, 0) is 57.1 Å². The molecule has 2 aliphatic rings. The fraction of sp³-hybridized carbons (Fsp3) is 0.680. The Labute approximate surface area is 197 Å². The molecule has 0 spiro atoms. The van der Waals surface area contributed by atoms with E-state index in [-0.39, 0.29) is 12.6 Å². The van der Waals surface area contributed by atoms with Crippen molar-refractivity contribution < 1.29 is 23.8 Å². The number of fused-ring (bicyclic) bond motifs is 1. The maximum absolute atomic E-state index is 12.7. The van der Waals surface area contributed by atoms with Gasteiger partial charge in [0.2, 0.25) is 0 Å². The van der Waals surface area contributed by atoms with Crippen molar-refractivity contribution in [3.8, 4) is 5.75 Å². The quantitative estimate of drug-likeness (QED) is 0.297. The van der Waals surface area contributed by atoms with E-state index in [9.17, 15) is 9.59 Å². The zero-order valence-corrected chi connectivity index (χ0v) is 20.6. The van der Waals surface area contributed by atoms with Crippen molar-refractivity contribution in [2.24, 2.45) is 17.8 Å². The van der Waals surface area contributed by atoms with Crippen molar-refractivity contribution in [3.05, 3.63) is 28.8 Å². The van der Waals surface area contributed by atoms with E-state index in [1.807, 2.05) is 26.1 Å². The molecule has 2 aliphatic carbocycles. The summed E-state index contributed by atoms with van der Waals surface area (Å²) in [4.78, 5) is 25.5. The van der Waals surface area contributed by atoms with Gasteiger partial charge in [-0.3, -0.25) is 10.1 Å². The monoisotopic (exact) mass is 461 g/mol. The Bertz CT molecular complexity index is 831. The second-order valence-corrected chi connectivity index (χ2v) is 9.59. The van der Waals surface area contributed by atoms with Crippen molar-refractivity contribution in [2.45, 2.75) is 59.3 Å². The predicted octanol–water partition coefficient (Wildman–Crippen LogP) is 3.21. The Morgan fingerprint density at radius 2 is 1.88 bits per heavy atom. The van der Waals surface area contributed by atoms with Crippen LogP contribution < -0.4 is 15.4 Å². The van der Waals surface area contributed by atoms with Gasteiger partial charge in [0.25, 0.3) is 0 Å². The normalized spacial score (nSPS) is 23.5. The van der Waals surface area contributed by atoms with Gasteiger partial charge < -0.3 is 24.4 Å². The predicted molar refractivity (Wildman–Crippen MR) is 126 cm³/mol. The Morgan fingerprint density at radius 1 is 1.15 bits per heavy atom. The summed E-state index contributed by atoms with van der Waals surface area (Å²) in [5.74, 6) is 2.62. The summed E-state index contributed by atoms with van der Waals surface area (Å²) in [7, 11) is 3.52. The third kappa shape index (κ3) is 7.42. The number of likely N-dealkylation sites (N-methyl/N-ethyl adjacent to an activating group) is 2. The number of aryl methyl sites for hydroxylation is 1. The first-order chi connectivity index (χ1) is 15.8. The van der Waals surface area contributed by atoms with Gasteiger partial charge in [-0.2, -0.15) is 0 Å². The molecule has 0 aromatic heterocycles. The molecule has 184 valence electrons. The molecule has 4 atom stereocenters. The number of carbonyl (C=O) groups is 2. The van der Waals surface area contributed by atoms with Gasteiger partial charge in [-0.1, -0.05) is 18.6 Å². The zero-order valence-electron chi connectivity index (χ0n) is 20.6. The molecule has 0 bridgehead atoms. The molecule has 2 saturated carbocycles. The van der Waals surface area contributed by atoms with Crippen molar-refractivity contribution >= 4 is 12.1 Å². The molecule has 33 heavy (non-hydrogen) atoms. The summed E-state index contributed by atoms with van der Waals surface area (Å²) >= 11 is 0. The lowest BCUT2D eigenvalue weighted by Crippen LogP contribution is -2.36. The van der Waals surface area contributed by atoms with E-state index in [1.54, 1.807) is 7.05 Å². The minimum atomic E-state index is -0.465. The Kier molecular flexibility index (Phi) is 9.11. The molecular weight excluding hydrogens is 422 g/mol. The molecule has 0 heterocycles. The first-order valence-electron chi connectivity index (χ1n) is 11.9. The van der Waals surface area contributed by atoms with E-state index < -0.39 is 6.09 Å². The number of esters is 1. The molecular formula is C25H39N3O5. The summed E-state index contributed by atoms with van der Waals surface area (Å²) < 4.78 is 16.9. The topological polar surface area (TPSA) is 89.1 Å². The molecule has 1 amide bonds. The van der Waals surface area contributed by atoms with Gasteiger partial charge in [0, 0.05) is 44.2 Å². The van der Waals surface area contributed by atoms with E-state index in [1.165, 1.54) is 31.1 Å². The molecule has 1 aromatic rings. The van der Waals surface area contributed by atoms with Gasteiger partial charge in [0.1, 0.15) is 12.4 Å². The summed E-state index contributed by atoms with van der Waals surface area (Å²) in [6.45, 7) is 7.60. The van der Waals surface area contributed by atoms with Gasteiger partial charge in [0.15, 0.2) is 0 Å². The van der Waals surface area contributed by atoms with E-state index in [0.717, 1.165) is 28.9 Å². The second kappa shape index (κ2) is 11.8. The van der Waals surface area contributed by atoms with E-state index in [0.29, 0.717) is 43.8 Å². The van der Waals surface area contributed by atoms with Crippen LogP contribution in [0.4, 0.5) is 4.79 Å². The zero-order chi connectivity index (χ0) is 24.0. The third-order valence-corrected chi connectivity index (χ3v) is 6.70. The number of amides is 1. The highest BCUT2D eigenvalue weighted by atomic mass is 16.6. The van der Waals surface area contributed by atoms with Gasteiger partial charge >= 0.3 is 12.1 Å². The number of nitrogens with one attached hydrogen (secondary N) is 2. The van der Waals surface area contributed by atoms with Crippen molar-refractivity contribution in [1.29, 1.82) is 0 Å². The minimum absolute atomic E-state index is 0.0353. The minimum Gasteiger partial charge on any atom is -0.461 e. The molecule has 2 unspecified atom stereocenters. The number of ether oxygens (including phenoxy) is 3. The summed E-state index contributed by atoms with van der Waals surface area (Å²) in [5, 5.41) is 6.55. The molecule has 8 nitrogen and oxygen atoms in total. The lowest BCUT2D eigenvalue weighted by Gasteiger charge is -2.27. The van der Waals surface area contributed by atoms with Crippen LogP contribution in [0.25, 0.3) is 0 Å². The van der Waals surface area contributed by atoms with Crippen LogP contribution in [0, 0.1) is 24.7 Å². The summed E-state index contributed by atoms with van der Waals surface area (Å²) in [5.41, 5.74) is 2.38. The molecule has 0 radical (unpaired) electrons. The van der Waals surface area contributed by atoms with Crippen LogP contribution in [0.1, 0.15) is 49.8 Å². The van der Waals surface area contributed by atoms with Crippen LogP contribution in [-0.4, -0.2) is 56.9 Å². The van der Waals surface area contributed by atoms with Crippen LogP contribution in [0.3, 0.4) is 0 Å². The molecule has 0 aliphatic heterocycles. The van der Waals surface area contributed by atoms with Gasteiger partial charge in [-0.15, -0.1) is 0 Å². The van der Waals surface area contributed by atoms with Crippen molar-refractivity contribution in [2.75, 3.05) is 33.9 Å². The van der Waals surface area contributed by atoms with E-state index in [2.05, 4.69) is 17.6 Å². The third-order valence-electron chi connectivity index (χ3n) is 6.70. The SMILES string of the molecule is CNCCN(C)C(=O)Oc1c(COCNC2C[C@@H]3CC3[C@@H](C)C2)cc(C)cc1COC(C)=O. The molecule has 8 heteroatoms. The highest BCUT2D eigenvalue weighted by Gasteiger charge is 2.46. The van der Waals surface area contributed by atoms with Gasteiger partial charge in [0.05, 0.1) is 13.3 Å². The van der Waals surface area contributed by atoms with Crippen LogP contribution in [-0.2, 0) is 27.5 Å². The maximum atomic E-state index is 12.7. The van der Waals surface area contributed by atoms with Crippen LogP contribution in [0.5, 0.6) is 5.75 Å². The van der Waals surface area contributed by atoms with Gasteiger partial charge in [-0.25, -0.2) is 4.79 Å². The van der Waals surface area contributed by atoms with Crippen LogP contribution >= 0.6 is 0 Å². The van der Waals surface area contributed by atoms with E-state index in [4.69, 9.17) is 14.2 Å². The highest BCUT2D eigenvalue weighted by molar-refractivity contribution is 5.72. The van der Waals surface area contributed by atoms with Crippen molar-refractivity contribution in [1.82, 2.24) is 15.5 Å². The largest absolute Gasteiger partial charge is 0.461 e. The average Bonchev–Trinajstić information content (AvgIpc) is 3.55. The lowest BCUT2D eigenvalue weighted by atomic mass is 9.87. The van der Waals surface area contributed by atoms with Crippen molar-refractivity contribution in [3.63, 3.8) is 0 Å². The lowest BCUT2D eigenvalue weighted by molar-refractivity contribution is -0.142. The first-order valence-corrected chi connectivity index (χ1v) is 11.9. The maximum Gasteiger partial charge on any atom is 0.415 e. The smallest absolute Gasteiger partial charge is 0.415 e. The number of benzene rings is 1. The number of carbonyl (C=O) groups excluding carboxylic acids is 2. The number of rotatable bonds is 11. The average molecular weight is 462 g/mol. The Hall–Kier alpha value is -2.16. The Morgan fingerprint density at radius 3 is 2.55 bits per heavy atom. The standard InChI is InChI=1S/C25H39N3O5/c1-16-8-20(13-31-15-27-22-10-17(2)23-12-19(23)11-22)24(21(9-16)14-32-18(3)29)33-25(30)28(5)7-6-26-4/h8-9,17,19,22-23,26-27H,6-7,10-15H2,1-5H3/t17-,19+,22?,23?/m0/s1. The number of hydrogen-bond acceptors (Lipinski definition) is 7. The fourth-order valence-corrected chi connectivity index (χ4v) is 4.82. The first kappa shape index (κ1) is 25.5. The highest BCUT2D eigenvalue weighted by Crippen LogP contribution is 2.52. The Balaban J connectivity index is 1.64. The van der Waals surface area contributed by atoms with Crippen LogP contribution in [0.2, 0.25) is 0 Å². The van der Waals surface area contributed by atoms with E-state index >= 15 is 0 Å². The number of nitrogens with zero attached hydrogens (tertiary/aromatic N) is 1. The second-order valence-electron chi connectivity index (χ2n) is 9.59. The fourth-order valence-electron chi connectivity index (χ4n) is 4.82. The molecule has 2 N–H and O–H groups in total. The number of hydrogen-bond donors (Lipinski definition) is 2.